The molecule has 2 aromatic rings. The first-order valence-corrected chi connectivity index (χ1v) is 6.50. The number of nitrogens with zero attached hydrogens (tertiary/aromatic N) is 2. The summed E-state index contributed by atoms with van der Waals surface area (Å²) in [6.07, 6.45) is 0.604. The Hall–Kier alpha value is -2.30. The van der Waals surface area contributed by atoms with Crippen molar-refractivity contribution in [3.63, 3.8) is 0 Å². The molecule has 0 aliphatic carbocycles. The summed E-state index contributed by atoms with van der Waals surface area (Å²) in [5, 5.41) is 22.7. The molecule has 0 saturated heterocycles. The van der Waals surface area contributed by atoms with Gasteiger partial charge in [0, 0.05) is 12.1 Å². The third-order valence-corrected chi connectivity index (χ3v) is 3.36. The van der Waals surface area contributed by atoms with Crippen molar-refractivity contribution in [3.8, 4) is 5.75 Å². The average Bonchev–Trinajstić information content (AvgIpc) is 2.62. The standard InChI is InChI=1S/C15H18N2O3/c1-10-14(6-7-15(19)20)11(2)17(16-10)9-12-4-3-5-13(18)8-12/h3-5,8,18H,6-7,9H2,1-2H3,(H,19,20). The van der Waals surface area contributed by atoms with Crippen LogP contribution in [0.1, 0.15) is 28.9 Å². The molecule has 5 heteroatoms. The molecule has 0 amide bonds. The van der Waals surface area contributed by atoms with Gasteiger partial charge in [-0.2, -0.15) is 5.10 Å². The van der Waals surface area contributed by atoms with E-state index in [0.717, 1.165) is 22.5 Å². The summed E-state index contributed by atoms with van der Waals surface area (Å²) < 4.78 is 1.85. The zero-order valence-corrected chi connectivity index (χ0v) is 11.6. The smallest absolute Gasteiger partial charge is 0.303 e. The molecule has 1 aromatic heterocycles. The summed E-state index contributed by atoms with van der Waals surface area (Å²) in [5.74, 6) is -0.570. The van der Waals surface area contributed by atoms with Crippen molar-refractivity contribution in [1.29, 1.82) is 0 Å². The van der Waals surface area contributed by atoms with E-state index in [0.29, 0.717) is 13.0 Å². The Morgan fingerprint density at radius 1 is 1.35 bits per heavy atom. The van der Waals surface area contributed by atoms with E-state index in [4.69, 9.17) is 5.11 Å². The number of phenolic OH excluding ortho intramolecular Hbond substituents is 1. The fourth-order valence-electron chi connectivity index (χ4n) is 2.31. The average molecular weight is 274 g/mol. The Labute approximate surface area is 117 Å². The summed E-state index contributed by atoms with van der Waals surface area (Å²) in [6.45, 7) is 4.40. The van der Waals surface area contributed by atoms with Crippen molar-refractivity contribution in [1.82, 2.24) is 9.78 Å². The van der Waals surface area contributed by atoms with Gasteiger partial charge in [-0.1, -0.05) is 12.1 Å². The number of aliphatic carboxylic acids is 1. The number of aryl methyl sites for hydroxylation is 1. The molecule has 0 saturated carbocycles. The molecule has 2 N–H and O–H groups in total. The molecule has 106 valence electrons. The van der Waals surface area contributed by atoms with Gasteiger partial charge in [-0.05, 0) is 43.5 Å². The highest BCUT2D eigenvalue weighted by Gasteiger charge is 2.13. The molecular weight excluding hydrogens is 256 g/mol. The van der Waals surface area contributed by atoms with Crippen molar-refractivity contribution >= 4 is 5.97 Å². The number of hydrogen-bond donors (Lipinski definition) is 2. The minimum atomic E-state index is -0.801. The number of carbonyl (C=O) groups is 1. The van der Waals surface area contributed by atoms with Gasteiger partial charge in [-0.15, -0.1) is 0 Å². The van der Waals surface area contributed by atoms with E-state index in [9.17, 15) is 9.90 Å². The number of carboxylic acid groups (broad SMARTS) is 1. The summed E-state index contributed by atoms with van der Waals surface area (Å²) in [7, 11) is 0. The number of benzene rings is 1. The number of phenols is 1. The van der Waals surface area contributed by atoms with E-state index in [-0.39, 0.29) is 12.2 Å². The van der Waals surface area contributed by atoms with Gasteiger partial charge in [0.25, 0.3) is 0 Å². The number of carboxylic acids is 1. The first-order chi connectivity index (χ1) is 9.47. The quantitative estimate of drug-likeness (QED) is 0.877. The molecule has 0 unspecified atom stereocenters. The number of aromatic nitrogens is 2. The summed E-state index contributed by atoms with van der Waals surface area (Å²) in [5.41, 5.74) is 3.80. The van der Waals surface area contributed by atoms with Crippen LogP contribution in [-0.4, -0.2) is 26.0 Å². The summed E-state index contributed by atoms with van der Waals surface area (Å²) in [6, 6.07) is 7.05. The van der Waals surface area contributed by atoms with Crippen LogP contribution in [0, 0.1) is 13.8 Å². The molecule has 1 aromatic carbocycles. The van der Waals surface area contributed by atoms with Crippen LogP contribution in [0.3, 0.4) is 0 Å². The molecule has 0 radical (unpaired) electrons. The monoisotopic (exact) mass is 274 g/mol. The maximum atomic E-state index is 10.7. The second-order valence-corrected chi connectivity index (χ2v) is 4.87. The molecular formula is C15H18N2O3. The Balaban J connectivity index is 2.21. The van der Waals surface area contributed by atoms with E-state index >= 15 is 0 Å². The van der Waals surface area contributed by atoms with Crippen LogP contribution in [0.25, 0.3) is 0 Å². The fraction of sp³-hybridized carbons (Fsp3) is 0.333. The topological polar surface area (TPSA) is 75.3 Å². The first-order valence-electron chi connectivity index (χ1n) is 6.50. The second kappa shape index (κ2) is 5.77. The highest BCUT2D eigenvalue weighted by molar-refractivity contribution is 5.67. The van der Waals surface area contributed by atoms with Crippen molar-refractivity contribution in [2.45, 2.75) is 33.2 Å². The molecule has 1 heterocycles. The number of aromatic hydroxyl groups is 1. The molecule has 5 nitrogen and oxygen atoms in total. The van der Waals surface area contributed by atoms with Gasteiger partial charge in [0.15, 0.2) is 0 Å². The lowest BCUT2D eigenvalue weighted by molar-refractivity contribution is -0.136. The van der Waals surface area contributed by atoms with Gasteiger partial charge in [-0.25, -0.2) is 0 Å². The Bertz CT molecular complexity index is 632. The van der Waals surface area contributed by atoms with Crippen molar-refractivity contribution in [3.05, 3.63) is 46.8 Å². The second-order valence-electron chi connectivity index (χ2n) is 4.87. The lowest BCUT2D eigenvalue weighted by Crippen LogP contribution is -2.05. The number of rotatable bonds is 5. The van der Waals surface area contributed by atoms with Crippen LogP contribution in [0.4, 0.5) is 0 Å². The van der Waals surface area contributed by atoms with E-state index in [2.05, 4.69) is 5.10 Å². The first kappa shape index (κ1) is 14.1. The molecule has 0 aliphatic heterocycles. The highest BCUT2D eigenvalue weighted by Crippen LogP contribution is 2.18. The van der Waals surface area contributed by atoms with Crippen LogP contribution in [-0.2, 0) is 17.8 Å². The van der Waals surface area contributed by atoms with Crippen LogP contribution in [0.15, 0.2) is 24.3 Å². The molecule has 20 heavy (non-hydrogen) atoms. The zero-order valence-electron chi connectivity index (χ0n) is 11.6. The molecule has 0 fully saturated rings. The predicted octanol–water partition coefficient (Wildman–Crippen LogP) is 2.27. The SMILES string of the molecule is Cc1nn(Cc2cccc(O)c2)c(C)c1CCC(=O)O. The Morgan fingerprint density at radius 2 is 2.10 bits per heavy atom. The summed E-state index contributed by atoms with van der Waals surface area (Å²) in [4.78, 5) is 10.7. The molecule has 0 aliphatic rings. The van der Waals surface area contributed by atoms with Gasteiger partial charge < -0.3 is 10.2 Å². The maximum absolute atomic E-state index is 10.7. The predicted molar refractivity (Wildman–Crippen MR) is 74.9 cm³/mol. The Morgan fingerprint density at radius 3 is 2.75 bits per heavy atom. The van der Waals surface area contributed by atoms with Gasteiger partial charge in [-0.3, -0.25) is 9.48 Å². The van der Waals surface area contributed by atoms with E-state index < -0.39 is 5.97 Å². The third-order valence-electron chi connectivity index (χ3n) is 3.36. The van der Waals surface area contributed by atoms with Crippen LogP contribution < -0.4 is 0 Å². The lowest BCUT2D eigenvalue weighted by atomic mass is 10.1. The van der Waals surface area contributed by atoms with Gasteiger partial charge in [0.2, 0.25) is 0 Å². The number of hydrogen-bond acceptors (Lipinski definition) is 3. The zero-order chi connectivity index (χ0) is 14.7. The van der Waals surface area contributed by atoms with E-state index in [1.54, 1.807) is 18.2 Å². The van der Waals surface area contributed by atoms with Crippen LogP contribution in [0.5, 0.6) is 5.75 Å². The van der Waals surface area contributed by atoms with Crippen molar-refractivity contribution in [2.75, 3.05) is 0 Å². The maximum Gasteiger partial charge on any atom is 0.303 e. The van der Waals surface area contributed by atoms with Crippen LogP contribution in [0.2, 0.25) is 0 Å². The molecule has 2 rings (SSSR count). The van der Waals surface area contributed by atoms with E-state index in [1.165, 1.54) is 0 Å². The minimum Gasteiger partial charge on any atom is -0.508 e. The fourth-order valence-corrected chi connectivity index (χ4v) is 2.31. The van der Waals surface area contributed by atoms with Gasteiger partial charge >= 0.3 is 5.97 Å². The molecule has 0 atom stereocenters. The van der Waals surface area contributed by atoms with Crippen LogP contribution >= 0.6 is 0 Å². The lowest BCUT2D eigenvalue weighted by Gasteiger charge is -2.06. The Kier molecular flexibility index (Phi) is 4.08. The highest BCUT2D eigenvalue weighted by atomic mass is 16.4. The summed E-state index contributed by atoms with van der Waals surface area (Å²) >= 11 is 0. The van der Waals surface area contributed by atoms with Crippen molar-refractivity contribution in [2.24, 2.45) is 0 Å². The molecule has 0 spiro atoms. The molecule has 0 bridgehead atoms. The largest absolute Gasteiger partial charge is 0.508 e. The normalized spacial score (nSPS) is 10.7. The third kappa shape index (κ3) is 3.17. The van der Waals surface area contributed by atoms with Crippen molar-refractivity contribution < 1.29 is 15.0 Å². The minimum absolute atomic E-state index is 0.111. The van der Waals surface area contributed by atoms with Gasteiger partial charge in [0.1, 0.15) is 5.75 Å². The van der Waals surface area contributed by atoms with Gasteiger partial charge in [0.05, 0.1) is 12.2 Å². The van der Waals surface area contributed by atoms with E-state index in [1.807, 2.05) is 24.6 Å².